The minimum atomic E-state index is -1.07. The van der Waals surface area contributed by atoms with Gasteiger partial charge in [-0.25, -0.2) is 14.8 Å². The smallest absolute Gasteiger partial charge is 0.335 e. The molecule has 0 spiro atoms. The molecule has 0 unspecified atom stereocenters. The molecule has 1 heterocycles. The van der Waals surface area contributed by atoms with Gasteiger partial charge in [-0.05, 0) is 29.3 Å². The van der Waals surface area contributed by atoms with E-state index in [0.29, 0.717) is 5.56 Å². The molecule has 2 rings (SSSR count). The lowest BCUT2D eigenvalue weighted by Crippen LogP contribution is -2.17. The van der Waals surface area contributed by atoms with E-state index in [1.54, 1.807) is 18.2 Å². The Balaban J connectivity index is 2.11. The Morgan fingerprint density at radius 3 is 2.70 bits per heavy atom. The van der Waals surface area contributed by atoms with Crippen molar-refractivity contribution in [2.75, 3.05) is 5.32 Å². The fraction of sp³-hybridized carbons (Fsp3) is 0.0769. The van der Waals surface area contributed by atoms with Crippen LogP contribution in [0.5, 0.6) is 0 Å². The number of hydrogen-bond acceptors (Lipinski definition) is 4. The standard InChI is InChI=1S/C13H10ClN3O3/c14-13-15-6-5-10(17-13)16-11(18)7-8-3-1-2-4-9(8)12(19)20/h1-6H,7H2,(H,19,20)(H,15,16,17,18). The van der Waals surface area contributed by atoms with Crippen molar-refractivity contribution >= 4 is 29.3 Å². The number of hydrogen-bond donors (Lipinski definition) is 2. The molecule has 2 aromatic rings. The molecule has 0 saturated carbocycles. The van der Waals surface area contributed by atoms with Crippen LogP contribution >= 0.6 is 11.6 Å². The summed E-state index contributed by atoms with van der Waals surface area (Å²) in [7, 11) is 0. The molecule has 2 N–H and O–H groups in total. The maximum absolute atomic E-state index is 11.9. The van der Waals surface area contributed by atoms with Gasteiger partial charge < -0.3 is 10.4 Å². The van der Waals surface area contributed by atoms with Crippen LogP contribution in [-0.2, 0) is 11.2 Å². The first-order valence-corrected chi connectivity index (χ1v) is 6.03. The van der Waals surface area contributed by atoms with Crippen LogP contribution in [0.1, 0.15) is 15.9 Å². The molecule has 6 nitrogen and oxygen atoms in total. The highest BCUT2D eigenvalue weighted by Gasteiger charge is 2.13. The maximum atomic E-state index is 11.9. The summed E-state index contributed by atoms with van der Waals surface area (Å²) in [5, 5.41) is 11.6. The van der Waals surface area contributed by atoms with Crippen LogP contribution in [0, 0.1) is 0 Å². The maximum Gasteiger partial charge on any atom is 0.335 e. The molecular weight excluding hydrogens is 282 g/mol. The Hall–Kier alpha value is -2.47. The SMILES string of the molecule is O=C(Cc1ccccc1C(=O)O)Nc1ccnc(Cl)n1. The highest BCUT2D eigenvalue weighted by Crippen LogP contribution is 2.11. The van der Waals surface area contributed by atoms with E-state index in [4.69, 9.17) is 16.7 Å². The average Bonchev–Trinajstić information content (AvgIpc) is 2.38. The van der Waals surface area contributed by atoms with Crippen molar-refractivity contribution in [3.63, 3.8) is 0 Å². The summed E-state index contributed by atoms with van der Waals surface area (Å²) >= 11 is 5.60. The molecule has 0 saturated heterocycles. The molecule has 1 aromatic carbocycles. The third kappa shape index (κ3) is 3.52. The normalized spacial score (nSPS) is 10.1. The zero-order valence-electron chi connectivity index (χ0n) is 10.2. The molecule has 0 aliphatic heterocycles. The van der Waals surface area contributed by atoms with E-state index in [9.17, 15) is 9.59 Å². The molecule has 0 radical (unpaired) electrons. The van der Waals surface area contributed by atoms with Crippen molar-refractivity contribution in [2.24, 2.45) is 0 Å². The molecule has 1 amide bonds. The molecule has 20 heavy (non-hydrogen) atoms. The first-order valence-electron chi connectivity index (χ1n) is 5.66. The molecule has 102 valence electrons. The van der Waals surface area contributed by atoms with Gasteiger partial charge in [0.15, 0.2) is 0 Å². The van der Waals surface area contributed by atoms with E-state index in [2.05, 4.69) is 15.3 Å². The number of halogens is 1. The fourth-order valence-corrected chi connectivity index (χ4v) is 1.80. The predicted molar refractivity (Wildman–Crippen MR) is 72.8 cm³/mol. The van der Waals surface area contributed by atoms with E-state index >= 15 is 0 Å². The Morgan fingerprint density at radius 1 is 1.25 bits per heavy atom. The molecule has 0 aliphatic rings. The second-order valence-corrected chi connectivity index (χ2v) is 4.24. The second kappa shape index (κ2) is 6.12. The number of carbonyl (C=O) groups excluding carboxylic acids is 1. The molecule has 7 heteroatoms. The van der Waals surface area contributed by atoms with Crippen molar-refractivity contribution in [3.05, 3.63) is 52.9 Å². The van der Waals surface area contributed by atoms with Crippen molar-refractivity contribution in [2.45, 2.75) is 6.42 Å². The highest BCUT2D eigenvalue weighted by atomic mass is 35.5. The van der Waals surface area contributed by atoms with E-state index < -0.39 is 5.97 Å². The van der Waals surface area contributed by atoms with Crippen molar-refractivity contribution in [1.29, 1.82) is 0 Å². The summed E-state index contributed by atoms with van der Waals surface area (Å²) in [5.74, 6) is -1.19. The Kier molecular flexibility index (Phi) is 4.27. The Morgan fingerprint density at radius 2 is 2.00 bits per heavy atom. The lowest BCUT2D eigenvalue weighted by Gasteiger charge is -2.06. The molecule has 0 atom stereocenters. The number of anilines is 1. The predicted octanol–water partition coefficient (Wildman–Crippen LogP) is 2.01. The minimum Gasteiger partial charge on any atom is -0.478 e. The summed E-state index contributed by atoms with van der Waals surface area (Å²) < 4.78 is 0. The number of aromatic carboxylic acids is 1. The van der Waals surface area contributed by atoms with Gasteiger partial charge in [0.1, 0.15) is 5.82 Å². The molecular formula is C13H10ClN3O3. The number of carboxylic acid groups (broad SMARTS) is 1. The molecule has 0 aliphatic carbocycles. The number of amides is 1. The zero-order valence-corrected chi connectivity index (χ0v) is 11.0. The van der Waals surface area contributed by atoms with Gasteiger partial charge >= 0.3 is 5.97 Å². The largest absolute Gasteiger partial charge is 0.478 e. The first-order chi connectivity index (χ1) is 9.56. The third-order valence-electron chi connectivity index (χ3n) is 2.49. The van der Waals surface area contributed by atoms with Gasteiger partial charge in [-0.3, -0.25) is 4.79 Å². The van der Waals surface area contributed by atoms with Gasteiger partial charge in [-0.15, -0.1) is 0 Å². The van der Waals surface area contributed by atoms with Crippen molar-refractivity contribution in [1.82, 2.24) is 9.97 Å². The van der Waals surface area contributed by atoms with Gasteiger partial charge in [0.05, 0.1) is 12.0 Å². The first kappa shape index (κ1) is 14.0. The van der Waals surface area contributed by atoms with Gasteiger partial charge in [-0.2, -0.15) is 0 Å². The van der Waals surface area contributed by atoms with Gasteiger partial charge in [-0.1, -0.05) is 18.2 Å². The van der Waals surface area contributed by atoms with Crippen molar-refractivity contribution in [3.8, 4) is 0 Å². The quantitative estimate of drug-likeness (QED) is 0.841. The summed E-state index contributed by atoms with van der Waals surface area (Å²) in [6.45, 7) is 0. The second-order valence-electron chi connectivity index (χ2n) is 3.90. The molecule has 0 bridgehead atoms. The minimum absolute atomic E-state index is 0.0220. The van der Waals surface area contributed by atoms with Gasteiger partial charge in [0.2, 0.25) is 11.2 Å². The van der Waals surface area contributed by atoms with E-state index in [-0.39, 0.29) is 29.0 Å². The zero-order chi connectivity index (χ0) is 14.5. The van der Waals surface area contributed by atoms with Gasteiger partial charge in [0, 0.05) is 6.20 Å². The molecule has 1 aromatic heterocycles. The number of nitrogens with one attached hydrogen (secondary N) is 1. The number of nitrogens with zero attached hydrogens (tertiary/aromatic N) is 2. The van der Waals surface area contributed by atoms with Crippen LogP contribution in [0.2, 0.25) is 5.28 Å². The summed E-state index contributed by atoms with van der Waals surface area (Å²) in [6, 6.07) is 7.82. The van der Waals surface area contributed by atoms with Crippen LogP contribution in [0.3, 0.4) is 0 Å². The van der Waals surface area contributed by atoms with Crippen LogP contribution in [0.4, 0.5) is 5.82 Å². The number of aromatic nitrogens is 2. The topological polar surface area (TPSA) is 92.2 Å². The number of benzene rings is 1. The fourth-order valence-electron chi connectivity index (χ4n) is 1.65. The summed E-state index contributed by atoms with van der Waals surface area (Å²) in [6.07, 6.45) is 1.35. The highest BCUT2D eigenvalue weighted by molar-refractivity contribution is 6.28. The average molecular weight is 292 g/mol. The van der Waals surface area contributed by atoms with Crippen LogP contribution in [0.15, 0.2) is 36.5 Å². The monoisotopic (exact) mass is 291 g/mol. The summed E-state index contributed by atoms with van der Waals surface area (Å²) in [5.41, 5.74) is 0.529. The van der Waals surface area contributed by atoms with Crippen LogP contribution in [0.25, 0.3) is 0 Å². The van der Waals surface area contributed by atoms with Crippen LogP contribution < -0.4 is 5.32 Å². The Bertz CT molecular complexity index is 661. The van der Waals surface area contributed by atoms with E-state index in [1.807, 2.05) is 0 Å². The number of carboxylic acids is 1. The number of rotatable bonds is 4. The summed E-state index contributed by atoms with van der Waals surface area (Å²) in [4.78, 5) is 30.4. The molecule has 0 fully saturated rings. The Labute approximate surface area is 119 Å². The van der Waals surface area contributed by atoms with Gasteiger partial charge in [0.25, 0.3) is 0 Å². The van der Waals surface area contributed by atoms with Crippen molar-refractivity contribution < 1.29 is 14.7 Å². The number of carbonyl (C=O) groups is 2. The lowest BCUT2D eigenvalue weighted by atomic mass is 10.0. The van der Waals surface area contributed by atoms with Crippen LogP contribution in [-0.4, -0.2) is 27.0 Å². The lowest BCUT2D eigenvalue weighted by molar-refractivity contribution is -0.115. The third-order valence-corrected chi connectivity index (χ3v) is 2.67. The van der Waals surface area contributed by atoms with E-state index in [0.717, 1.165) is 0 Å². The van der Waals surface area contributed by atoms with E-state index in [1.165, 1.54) is 18.3 Å².